The molecular weight excluding hydrogens is 278 g/mol. The van der Waals surface area contributed by atoms with Gasteiger partial charge in [0.2, 0.25) is 0 Å². The third-order valence-electron chi connectivity index (χ3n) is 3.95. The van der Waals surface area contributed by atoms with Crippen molar-refractivity contribution in [2.75, 3.05) is 27.7 Å². The van der Waals surface area contributed by atoms with E-state index in [9.17, 15) is 5.11 Å². The molecule has 1 unspecified atom stereocenters. The van der Waals surface area contributed by atoms with Crippen LogP contribution in [0.15, 0.2) is 6.20 Å². The minimum Gasteiger partial charge on any atom is -0.384 e. The lowest BCUT2D eigenvalue weighted by Crippen LogP contribution is -2.38. The Kier molecular flexibility index (Phi) is 6.45. The standard InChI is InChI=1S/C14H26ClN3O2/c1-6-14(7-2,20-5)13(19)12-11(15)10-16-18(12)9-8-17(3)4/h10,13,19H,6-9H2,1-5H3. The molecule has 1 heterocycles. The number of rotatable bonds is 8. The number of nitrogens with zero attached hydrogens (tertiary/aromatic N) is 3. The second-order valence-corrected chi connectivity index (χ2v) is 5.69. The summed E-state index contributed by atoms with van der Waals surface area (Å²) < 4.78 is 7.37. The molecule has 0 radical (unpaired) electrons. The van der Waals surface area contributed by atoms with Crippen LogP contribution in [0.2, 0.25) is 5.02 Å². The molecule has 0 aliphatic heterocycles. The molecule has 6 heteroatoms. The fourth-order valence-corrected chi connectivity index (χ4v) is 2.65. The topological polar surface area (TPSA) is 50.5 Å². The predicted molar refractivity (Wildman–Crippen MR) is 81.1 cm³/mol. The van der Waals surface area contributed by atoms with Gasteiger partial charge < -0.3 is 14.7 Å². The predicted octanol–water partition coefficient (Wildman–Crippen LogP) is 2.34. The average molecular weight is 304 g/mol. The largest absolute Gasteiger partial charge is 0.384 e. The first-order valence-corrected chi connectivity index (χ1v) is 7.38. The van der Waals surface area contributed by atoms with Crippen molar-refractivity contribution in [2.24, 2.45) is 0 Å². The maximum Gasteiger partial charge on any atom is 0.126 e. The molecule has 0 bridgehead atoms. The highest BCUT2D eigenvalue weighted by Gasteiger charge is 2.38. The smallest absolute Gasteiger partial charge is 0.126 e. The summed E-state index contributed by atoms with van der Waals surface area (Å²) in [5.74, 6) is 0. The average Bonchev–Trinajstić information content (AvgIpc) is 2.79. The molecule has 0 saturated carbocycles. The SMILES string of the molecule is CCC(CC)(OC)C(O)c1c(Cl)cnn1CCN(C)C. The highest BCUT2D eigenvalue weighted by Crippen LogP contribution is 2.37. The van der Waals surface area contributed by atoms with Gasteiger partial charge in [0.15, 0.2) is 0 Å². The fourth-order valence-electron chi connectivity index (χ4n) is 2.40. The van der Waals surface area contributed by atoms with E-state index in [-0.39, 0.29) is 0 Å². The van der Waals surface area contributed by atoms with Crippen LogP contribution in [-0.2, 0) is 11.3 Å². The molecule has 0 aliphatic carbocycles. The van der Waals surface area contributed by atoms with Crippen LogP contribution >= 0.6 is 11.6 Å². The zero-order valence-corrected chi connectivity index (χ0v) is 13.8. The number of hydrogen-bond acceptors (Lipinski definition) is 4. The molecule has 20 heavy (non-hydrogen) atoms. The van der Waals surface area contributed by atoms with Gasteiger partial charge in [-0.1, -0.05) is 25.4 Å². The van der Waals surface area contributed by atoms with Gasteiger partial charge in [0.05, 0.1) is 29.1 Å². The van der Waals surface area contributed by atoms with Crippen molar-refractivity contribution in [2.45, 2.75) is 44.9 Å². The summed E-state index contributed by atoms with van der Waals surface area (Å²) in [4.78, 5) is 2.06. The van der Waals surface area contributed by atoms with Gasteiger partial charge in [-0.05, 0) is 26.9 Å². The third-order valence-corrected chi connectivity index (χ3v) is 4.24. The van der Waals surface area contributed by atoms with Crippen LogP contribution in [0.3, 0.4) is 0 Å². The lowest BCUT2D eigenvalue weighted by Gasteiger charge is -2.35. The minimum absolute atomic E-state index is 0.486. The molecule has 116 valence electrons. The van der Waals surface area contributed by atoms with Crippen LogP contribution in [0.4, 0.5) is 0 Å². The maximum atomic E-state index is 10.8. The van der Waals surface area contributed by atoms with Crippen LogP contribution < -0.4 is 0 Å². The number of aromatic nitrogens is 2. The summed E-state index contributed by atoms with van der Waals surface area (Å²) in [5.41, 5.74) is 0.0126. The first kappa shape index (κ1) is 17.4. The summed E-state index contributed by atoms with van der Waals surface area (Å²) in [6.45, 7) is 5.52. The number of halogens is 1. The second-order valence-electron chi connectivity index (χ2n) is 5.28. The van der Waals surface area contributed by atoms with E-state index in [0.29, 0.717) is 30.1 Å². The Labute approximate surface area is 126 Å². The van der Waals surface area contributed by atoms with Crippen molar-refractivity contribution in [3.63, 3.8) is 0 Å². The van der Waals surface area contributed by atoms with E-state index < -0.39 is 11.7 Å². The van der Waals surface area contributed by atoms with Crippen molar-refractivity contribution in [3.05, 3.63) is 16.9 Å². The lowest BCUT2D eigenvalue weighted by molar-refractivity contribution is -0.112. The van der Waals surface area contributed by atoms with E-state index in [1.165, 1.54) is 0 Å². The second kappa shape index (κ2) is 7.41. The first-order valence-electron chi connectivity index (χ1n) is 7.01. The Balaban J connectivity index is 3.07. The zero-order chi connectivity index (χ0) is 15.3. The van der Waals surface area contributed by atoms with Crippen molar-refractivity contribution in [3.8, 4) is 0 Å². The van der Waals surface area contributed by atoms with Gasteiger partial charge in [0.1, 0.15) is 6.10 Å². The minimum atomic E-state index is -0.792. The molecule has 5 nitrogen and oxygen atoms in total. The summed E-state index contributed by atoms with van der Waals surface area (Å²) in [6, 6.07) is 0. The molecule has 0 fully saturated rings. The molecule has 0 aliphatic rings. The number of ether oxygens (including phenoxy) is 1. The third kappa shape index (κ3) is 3.52. The van der Waals surface area contributed by atoms with Crippen molar-refractivity contribution >= 4 is 11.6 Å². The van der Waals surface area contributed by atoms with E-state index in [1.54, 1.807) is 18.0 Å². The van der Waals surface area contributed by atoms with Crippen molar-refractivity contribution < 1.29 is 9.84 Å². The Bertz CT molecular complexity index is 408. The monoisotopic (exact) mass is 303 g/mol. The molecule has 1 N–H and O–H groups in total. The van der Waals surface area contributed by atoms with Gasteiger partial charge in [-0.15, -0.1) is 0 Å². The molecule has 0 saturated heterocycles. The van der Waals surface area contributed by atoms with Crippen LogP contribution in [-0.4, -0.2) is 53.1 Å². The van der Waals surface area contributed by atoms with Gasteiger partial charge >= 0.3 is 0 Å². The summed E-state index contributed by atoms with van der Waals surface area (Å²) in [7, 11) is 5.63. The van der Waals surface area contributed by atoms with E-state index in [1.807, 2.05) is 27.9 Å². The van der Waals surface area contributed by atoms with Gasteiger partial charge in [0.25, 0.3) is 0 Å². The number of methoxy groups -OCH3 is 1. The van der Waals surface area contributed by atoms with E-state index in [4.69, 9.17) is 16.3 Å². The van der Waals surface area contributed by atoms with Crippen LogP contribution in [0.1, 0.15) is 38.5 Å². The van der Waals surface area contributed by atoms with E-state index in [2.05, 4.69) is 10.00 Å². The van der Waals surface area contributed by atoms with Crippen LogP contribution in [0.5, 0.6) is 0 Å². The number of aliphatic hydroxyl groups excluding tert-OH is 1. The van der Waals surface area contributed by atoms with Crippen molar-refractivity contribution in [1.29, 1.82) is 0 Å². The Hall–Kier alpha value is -0.620. The Morgan fingerprint density at radius 2 is 2.05 bits per heavy atom. The summed E-state index contributed by atoms with van der Waals surface area (Å²) in [6.07, 6.45) is 2.20. The number of hydrogen-bond donors (Lipinski definition) is 1. The van der Waals surface area contributed by atoms with E-state index >= 15 is 0 Å². The molecule has 0 amide bonds. The Morgan fingerprint density at radius 3 is 2.50 bits per heavy atom. The summed E-state index contributed by atoms with van der Waals surface area (Å²) >= 11 is 6.22. The highest BCUT2D eigenvalue weighted by atomic mass is 35.5. The lowest BCUT2D eigenvalue weighted by atomic mass is 9.88. The molecule has 1 aromatic rings. The normalized spacial score (nSPS) is 14.0. The molecule has 1 atom stereocenters. The molecular formula is C14H26ClN3O2. The number of likely N-dealkylation sites (N-methyl/N-ethyl adjacent to an activating group) is 1. The Morgan fingerprint density at radius 1 is 1.45 bits per heavy atom. The van der Waals surface area contributed by atoms with Crippen molar-refractivity contribution in [1.82, 2.24) is 14.7 Å². The molecule has 1 aromatic heterocycles. The molecule has 0 aromatic carbocycles. The van der Waals surface area contributed by atoms with Gasteiger partial charge in [-0.3, -0.25) is 4.68 Å². The number of aliphatic hydroxyl groups is 1. The maximum absolute atomic E-state index is 10.8. The highest BCUT2D eigenvalue weighted by molar-refractivity contribution is 6.31. The zero-order valence-electron chi connectivity index (χ0n) is 13.1. The van der Waals surface area contributed by atoms with Gasteiger partial charge in [-0.25, -0.2) is 0 Å². The van der Waals surface area contributed by atoms with Crippen LogP contribution in [0, 0.1) is 0 Å². The van der Waals surface area contributed by atoms with E-state index in [0.717, 1.165) is 6.54 Å². The van der Waals surface area contributed by atoms with Crippen LogP contribution in [0.25, 0.3) is 0 Å². The van der Waals surface area contributed by atoms with Gasteiger partial charge in [-0.2, -0.15) is 5.10 Å². The first-order chi connectivity index (χ1) is 9.41. The fraction of sp³-hybridized carbons (Fsp3) is 0.786. The van der Waals surface area contributed by atoms with Gasteiger partial charge in [0, 0.05) is 13.7 Å². The quantitative estimate of drug-likeness (QED) is 0.801. The summed E-state index contributed by atoms with van der Waals surface area (Å²) in [5, 5.41) is 15.5. The molecule has 1 rings (SSSR count). The molecule has 0 spiro atoms.